The Balaban J connectivity index is 2.37. The lowest BCUT2D eigenvalue weighted by Crippen LogP contribution is -2.26. The summed E-state index contributed by atoms with van der Waals surface area (Å²) in [6.07, 6.45) is 3.62. The zero-order chi connectivity index (χ0) is 11.3. The molecule has 1 rings (SSSR count). The average molecular weight is 214 g/mol. The van der Waals surface area contributed by atoms with Crippen LogP contribution in [0.25, 0.3) is 0 Å². The number of carbonyl (C=O) groups excluding carboxylic acids is 1. The molecule has 0 amide bonds. The Morgan fingerprint density at radius 1 is 1.47 bits per heavy atom. The quantitative estimate of drug-likeness (QED) is 0.660. The molecule has 1 aliphatic heterocycles. The number of rotatable bonds is 5. The minimum absolute atomic E-state index is 0.01000. The molecule has 0 N–H and O–H groups in total. The molecule has 0 aromatic heterocycles. The number of carbonyl (C=O) groups is 1. The zero-order valence-electron chi connectivity index (χ0n) is 9.99. The van der Waals surface area contributed by atoms with Crippen molar-refractivity contribution in [3.63, 3.8) is 0 Å². The molecule has 15 heavy (non-hydrogen) atoms. The molecule has 2 atom stereocenters. The third-order valence-corrected chi connectivity index (χ3v) is 3.26. The van der Waals surface area contributed by atoms with Gasteiger partial charge in [-0.15, -0.1) is 0 Å². The van der Waals surface area contributed by atoms with Crippen molar-refractivity contribution in [3.8, 4) is 0 Å². The molecule has 0 bridgehead atoms. The summed E-state index contributed by atoms with van der Waals surface area (Å²) in [5, 5.41) is 0. The summed E-state index contributed by atoms with van der Waals surface area (Å²) in [6, 6.07) is 0. The molecule has 0 radical (unpaired) electrons. The fourth-order valence-corrected chi connectivity index (χ4v) is 2.07. The van der Waals surface area contributed by atoms with Crippen molar-refractivity contribution in [1.29, 1.82) is 0 Å². The van der Waals surface area contributed by atoms with Crippen molar-refractivity contribution in [2.24, 2.45) is 11.8 Å². The lowest BCUT2D eigenvalue weighted by Gasteiger charge is -2.21. The van der Waals surface area contributed by atoms with Gasteiger partial charge in [0.2, 0.25) is 6.29 Å². The number of ether oxygens (including phenoxy) is 2. The smallest absolute Gasteiger partial charge is 0.311 e. The first-order chi connectivity index (χ1) is 7.19. The first-order valence-corrected chi connectivity index (χ1v) is 6.01. The van der Waals surface area contributed by atoms with Crippen molar-refractivity contribution >= 4 is 5.97 Å². The van der Waals surface area contributed by atoms with Gasteiger partial charge in [0.05, 0.1) is 12.5 Å². The topological polar surface area (TPSA) is 35.5 Å². The number of hydrogen-bond donors (Lipinski definition) is 0. The summed E-state index contributed by atoms with van der Waals surface area (Å²) in [5.41, 5.74) is 0. The number of esters is 1. The van der Waals surface area contributed by atoms with Crippen LogP contribution < -0.4 is 0 Å². The number of hydrogen-bond acceptors (Lipinski definition) is 3. The average Bonchev–Trinajstić information content (AvgIpc) is 2.72. The van der Waals surface area contributed by atoms with Crippen molar-refractivity contribution < 1.29 is 14.3 Å². The Morgan fingerprint density at radius 2 is 2.13 bits per heavy atom. The predicted octanol–water partition coefficient (Wildman–Crippen LogP) is 2.74. The molecule has 1 aliphatic rings. The summed E-state index contributed by atoms with van der Waals surface area (Å²) in [6.45, 7) is 6.90. The van der Waals surface area contributed by atoms with Gasteiger partial charge in [0.25, 0.3) is 0 Å². The predicted molar refractivity (Wildman–Crippen MR) is 58.3 cm³/mol. The Labute approximate surface area is 92.1 Å². The Morgan fingerprint density at radius 3 is 2.60 bits per heavy atom. The van der Waals surface area contributed by atoms with Crippen LogP contribution in [0.1, 0.15) is 46.5 Å². The molecular formula is C12H22O3. The second kappa shape index (κ2) is 6.11. The fraction of sp³-hybridized carbons (Fsp3) is 0.917. The Bertz CT molecular complexity index is 193. The van der Waals surface area contributed by atoms with Gasteiger partial charge in [-0.3, -0.25) is 4.79 Å². The molecule has 0 saturated carbocycles. The molecule has 1 fully saturated rings. The van der Waals surface area contributed by atoms with Crippen LogP contribution in [0, 0.1) is 11.8 Å². The molecule has 2 unspecified atom stereocenters. The monoisotopic (exact) mass is 214 g/mol. The molecule has 88 valence electrons. The van der Waals surface area contributed by atoms with Gasteiger partial charge in [-0.25, -0.2) is 0 Å². The molecule has 1 saturated heterocycles. The highest BCUT2D eigenvalue weighted by atomic mass is 16.7. The molecule has 3 heteroatoms. The van der Waals surface area contributed by atoms with Crippen LogP contribution in [-0.2, 0) is 14.3 Å². The van der Waals surface area contributed by atoms with Gasteiger partial charge < -0.3 is 9.47 Å². The van der Waals surface area contributed by atoms with E-state index in [1.807, 2.05) is 6.92 Å². The minimum atomic E-state index is -0.283. The van der Waals surface area contributed by atoms with Gasteiger partial charge >= 0.3 is 5.97 Å². The molecule has 3 nitrogen and oxygen atoms in total. The van der Waals surface area contributed by atoms with E-state index in [-0.39, 0.29) is 18.2 Å². The van der Waals surface area contributed by atoms with Crippen LogP contribution in [0.3, 0.4) is 0 Å². The van der Waals surface area contributed by atoms with E-state index in [4.69, 9.17) is 9.47 Å². The maximum atomic E-state index is 11.8. The third kappa shape index (κ3) is 3.49. The van der Waals surface area contributed by atoms with E-state index in [2.05, 4.69) is 13.8 Å². The summed E-state index contributed by atoms with van der Waals surface area (Å²) >= 11 is 0. The molecule has 0 aromatic rings. The second-order valence-corrected chi connectivity index (χ2v) is 4.24. The summed E-state index contributed by atoms with van der Waals surface area (Å²) < 4.78 is 10.6. The van der Waals surface area contributed by atoms with E-state index < -0.39 is 0 Å². The van der Waals surface area contributed by atoms with Gasteiger partial charge in [0.1, 0.15) is 0 Å². The van der Waals surface area contributed by atoms with Crippen LogP contribution in [-0.4, -0.2) is 18.9 Å². The maximum absolute atomic E-state index is 11.8. The molecule has 0 aromatic carbocycles. The standard InChI is InChI=1S/C12H22O3/c1-4-10(5-2)9(3)12(13)15-11-7-6-8-14-11/h9-11H,4-8H2,1-3H3. The third-order valence-electron chi connectivity index (χ3n) is 3.26. The van der Waals surface area contributed by atoms with E-state index in [9.17, 15) is 4.79 Å². The second-order valence-electron chi connectivity index (χ2n) is 4.24. The Hall–Kier alpha value is -0.570. The largest absolute Gasteiger partial charge is 0.436 e. The molecule has 1 heterocycles. The SMILES string of the molecule is CCC(CC)C(C)C(=O)OC1CCCO1. The lowest BCUT2D eigenvalue weighted by atomic mass is 9.89. The van der Waals surface area contributed by atoms with Crippen molar-refractivity contribution in [2.75, 3.05) is 6.61 Å². The van der Waals surface area contributed by atoms with Crippen LogP contribution in [0.5, 0.6) is 0 Å². The molecular weight excluding hydrogens is 192 g/mol. The van der Waals surface area contributed by atoms with Crippen LogP contribution in [0.2, 0.25) is 0 Å². The van der Waals surface area contributed by atoms with Crippen molar-refractivity contribution in [1.82, 2.24) is 0 Å². The van der Waals surface area contributed by atoms with Crippen molar-refractivity contribution in [2.45, 2.75) is 52.7 Å². The first kappa shape index (κ1) is 12.5. The van der Waals surface area contributed by atoms with Crippen LogP contribution in [0.4, 0.5) is 0 Å². The van der Waals surface area contributed by atoms with Gasteiger partial charge in [0, 0.05) is 6.42 Å². The van der Waals surface area contributed by atoms with Crippen molar-refractivity contribution in [3.05, 3.63) is 0 Å². The zero-order valence-corrected chi connectivity index (χ0v) is 9.99. The van der Waals surface area contributed by atoms with Crippen LogP contribution >= 0.6 is 0 Å². The highest BCUT2D eigenvalue weighted by molar-refractivity contribution is 5.72. The Kier molecular flexibility index (Phi) is 5.09. The van der Waals surface area contributed by atoms with E-state index in [1.54, 1.807) is 0 Å². The fourth-order valence-electron chi connectivity index (χ4n) is 2.07. The molecule has 0 spiro atoms. The van der Waals surface area contributed by atoms with E-state index in [0.29, 0.717) is 5.92 Å². The van der Waals surface area contributed by atoms with E-state index >= 15 is 0 Å². The lowest BCUT2D eigenvalue weighted by molar-refractivity contribution is -0.176. The summed E-state index contributed by atoms with van der Waals surface area (Å²) in [5.74, 6) is 0.318. The first-order valence-electron chi connectivity index (χ1n) is 6.01. The normalized spacial score (nSPS) is 23.1. The van der Waals surface area contributed by atoms with Gasteiger partial charge in [-0.2, -0.15) is 0 Å². The van der Waals surface area contributed by atoms with Gasteiger partial charge in [-0.05, 0) is 12.3 Å². The highest BCUT2D eigenvalue weighted by Crippen LogP contribution is 2.22. The van der Waals surface area contributed by atoms with E-state index in [0.717, 1.165) is 32.3 Å². The maximum Gasteiger partial charge on any atom is 0.311 e. The summed E-state index contributed by atoms with van der Waals surface area (Å²) in [7, 11) is 0. The van der Waals surface area contributed by atoms with Gasteiger partial charge in [-0.1, -0.05) is 33.6 Å². The summed E-state index contributed by atoms with van der Waals surface area (Å²) in [4.78, 5) is 11.8. The molecule has 0 aliphatic carbocycles. The van der Waals surface area contributed by atoms with Crippen LogP contribution in [0.15, 0.2) is 0 Å². The van der Waals surface area contributed by atoms with Gasteiger partial charge in [0.15, 0.2) is 0 Å². The minimum Gasteiger partial charge on any atom is -0.436 e. The highest BCUT2D eigenvalue weighted by Gasteiger charge is 2.27. The van der Waals surface area contributed by atoms with E-state index in [1.165, 1.54) is 0 Å².